The lowest BCUT2D eigenvalue weighted by atomic mass is 9.34. The van der Waals surface area contributed by atoms with Crippen LogP contribution >= 0.6 is 0 Å². The van der Waals surface area contributed by atoms with Crippen LogP contribution in [-0.4, -0.2) is 21.3 Å². The van der Waals surface area contributed by atoms with Gasteiger partial charge >= 0.3 is 5.97 Å². The lowest BCUT2D eigenvalue weighted by Gasteiger charge is -2.69. The highest BCUT2D eigenvalue weighted by Crippen LogP contribution is 2.74. The number of allylic oxidation sites excluding steroid dienone is 2. The fourth-order valence-corrected chi connectivity index (χ4v) is 8.89. The lowest BCUT2D eigenvalue weighted by molar-refractivity contribution is -0.177. The fourth-order valence-electron chi connectivity index (χ4n) is 8.89. The van der Waals surface area contributed by atoms with Crippen molar-refractivity contribution in [3.8, 4) is 11.5 Å². The molecule has 0 spiro atoms. The molecule has 1 aromatic carbocycles. The summed E-state index contributed by atoms with van der Waals surface area (Å²) in [7, 11) is 0. The third kappa shape index (κ3) is 2.67. The molecule has 33 heavy (non-hydrogen) atoms. The Morgan fingerprint density at radius 3 is 2.30 bits per heavy atom. The molecule has 3 N–H and O–H groups in total. The molecule has 0 aromatic heterocycles. The van der Waals surface area contributed by atoms with Crippen LogP contribution < -0.4 is 0 Å². The standard InChI is InChI=1S/C29H40O4/c1-17-18-7-8-21-27(4,19(18)15-20(30)23(17)31)12-14-29(6)22-16-26(3,24(32)33)10-9-25(22,2)11-13-28(21,29)5/h8,15,22,30-31H,7,9-14,16H2,1-6H3,(H,32,33)/t22?,25-,26+,27-,28-,29-/m0/s1. The van der Waals surface area contributed by atoms with E-state index in [1.807, 2.05) is 19.9 Å². The van der Waals surface area contributed by atoms with E-state index in [4.69, 9.17) is 0 Å². The van der Waals surface area contributed by atoms with Crippen LogP contribution in [0.2, 0.25) is 0 Å². The summed E-state index contributed by atoms with van der Waals surface area (Å²) in [5.41, 5.74) is 4.00. The van der Waals surface area contributed by atoms with Gasteiger partial charge in [0.25, 0.3) is 0 Å². The molecule has 1 unspecified atom stereocenters. The van der Waals surface area contributed by atoms with E-state index in [-0.39, 0.29) is 33.2 Å². The number of carboxylic acid groups (broad SMARTS) is 1. The SMILES string of the molecule is Cc1c(O)c(O)cc2c1CC=C1[C@]3(C)CC[C@]4(C)CC[C@@](C)(C(=O)O)CC4[C@]3(C)CC[C@]12C. The molecule has 3 saturated carbocycles. The van der Waals surface area contributed by atoms with E-state index in [2.05, 4.69) is 33.8 Å². The predicted octanol–water partition coefficient (Wildman–Crippen LogP) is 6.64. The maximum atomic E-state index is 12.3. The molecule has 1 aromatic rings. The van der Waals surface area contributed by atoms with Crippen molar-refractivity contribution in [2.45, 2.75) is 98.3 Å². The monoisotopic (exact) mass is 452 g/mol. The zero-order chi connectivity index (χ0) is 24.2. The van der Waals surface area contributed by atoms with E-state index in [1.54, 1.807) is 0 Å². The Labute approximate surface area is 198 Å². The lowest BCUT2D eigenvalue weighted by Crippen LogP contribution is -2.62. The van der Waals surface area contributed by atoms with E-state index in [0.29, 0.717) is 5.92 Å². The summed E-state index contributed by atoms with van der Waals surface area (Å²) < 4.78 is 0. The van der Waals surface area contributed by atoms with Crippen molar-refractivity contribution in [3.63, 3.8) is 0 Å². The molecular weight excluding hydrogens is 412 g/mol. The van der Waals surface area contributed by atoms with Gasteiger partial charge in [-0.1, -0.05) is 39.3 Å². The number of carbonyl (C=O) groups is 1. The average Bonchev–Trinajstić information content (AvgIpc) is 2.75. The first-order valence-electron chi connectivity index (χ1n) is 12.7. The molecule has 0 amide bonds. The van der Waals surface area contributed by atoms with Gasteiger partial charge < -0.3 is 15.3 Å². The van der Waals surface area contributed by atoms with Gasteiger partial charge in [0.05, 0.1) is 5.41 Å². The zero-order valence-corrected chi connectivity index (χ0v) is 21.1. The highest BCUT2D eigenvalue weighted by molar-refractivity contribution is 5.74. The highest BCUT2D eigenvalue weighted by atomic mass is 16.4. The van der Waals surface area contributed by atoms with Gasteiger partial charge in [-0.3, -0.25) is 4.79 Å². The van der Waals surface area contributed by atoms with Gasteiger partial charge in [-0.2, -0.15) is 0 Å². The fraction of sp³-hybridized carbons (Fsp3) is 0.690. The van der Waals surface area contributed by atoms with E-state index in [0.717, 1.165) is 62.5 Å². The van der Waals surface area contributed by atoms with Gasteiger partial charge in [-0.25, -0.2) is 0 Å². The molecule has 0 radical (unpaired) electrons. The normalized spacial score (nSPS) is 44.1. The summed E-state index contributed by atoms with van der Waals surface area (Å²) in [4.78, 5) is 12.3. The minimum atomic E-state index is -0.641. The largest absolute Gasteiger partial charge is 0.504 e. The molecular formula is C29H40O4. The van der Waals surface area contributed by atoms with Crippen LogP contribution in [0.15, 0.2) is 17.7 Å². The molecule has 0 aliphatic heterocycles. The number of fused-ring (bicyclic) bond motifs is 7. The Morgan fingerprint density at radius 2 is 1.64 bits per heavy atom. The van der Waals surface area contributed by atoms with Crippen LogP contribution in [0.25, 0.3) is 0 Å². The van der Waals surface area contributed by atoms with Gasteiger partial charge in [0.1, 0.15) is 0 Å². The second-order valence-electron chi connectivity index (χ2n) is 13.1. The van der Waals surface area contributed by atoms with Gasteiger partial charge in [0.2, 0.25) is 0 Å². The summed E-state index contributed by atoms with van der Waals surface area (Å²) in [5, 5.41) is 30.9. The zero-order valence-electron chi connectivity index (χ0n) is 21.1. The van der Waals surface area contributed by atoms with E-state index in [1.165, 1.54) is 11.1 Å². The van der Waals surface area contributed by atoms with E-state index < -0.39 is 11.4 Å². The third-order valence-corrected chi connectivity index (χ3v) is 11.6. The van der Waals surface area contributed by atoms with Crippen LogP contribution in [0.3, 0.4) is 0 Å². The summed E-state index contributed by atoms with van der Waals surface area (Å²) in [6.07, 6.45) is 10.0. The number of hydrogen-bond acceptors (Lipinski definition) is 3. The first-order chi connectivity index (χ1) is 15.2. The van der Waals surface area contributed by atoms with Gasteiger partial charge in [-0.05, 0) is 110 Å². The molecule has 4 heteroatoms. The number of aliphatic carboxylic acids is 1. The number of phenolic OH excluding ortho intramolecular Hbond substituents is 2. The summed E-state index contributed by atoms with van der Waals surface area (Å²) in [5.74, 6) is -0.282. The molecule has 5 rings (SSSR count). The summed E-state index contributed by atoms with van der Waals surface area (Å²) in [6.45, 7) is 13.5. The quantitative estimate of drug-likeness (QED) is 0.329. The second-order valence-corrected chi connectivity index (χ2v) is 13.1. The van der Waals surface area contributed by atoms with Crippen molar-refractivity contribution in [1.29, 1.82) is 0 Å². The Kier molecular flexibility index (Phi) is 4.55. The maximum Gasteiger partial charge on any atom is 0.309 e. The summed E-state index contributed by atoms with van der Waals surface area (Å²) >= 11 is 0. The Morgan fingerprint density at radius 1 is 0.970 bits per heavy atom. The minimum Gasteiger partial charge on any atom is -0.504 e. The van der Waals surface area contributed by atoms with Crippen LogP contribution in [0, 0.1) is 34.5 Å². The van der Waals surface area contributed by atoms with Gasteiger partial charge in [0, 0.05) is 5.41 Å². The Balaban J connectivity index is 1.63. The van der Waals surface area contributed by atoms with Gasteiger partial charge in [0.15, 0.2) is 11.5 Å². The van der Waals surface area contributed by atoms with E-state index in [9.17, 15) is 20.1 Å². The minimum absolute atomic E-state index is 0.00431. The van der Waals surface area contributed by atoms with E-state index >= 15 is 0 Å². The molecule has 180 valence electrons. The Bertz CT molecular complexity index is 1090. The van der Waals surface area contributed by atoms with Gasteiger partial charge in [-0.15, -0.1) is 0 Å². The molecule has 0 heterocycles. The first kappa shape index (κ1) is 22.8. The third-order valence-electron chi connectivity index (χ3n) is 11.6. The van der Waals surface area contributed by atoms with Crippen molar-refractivity contribution < 1.29 is 20.1 Å². The molecule has 0 bridgehead atoms. The van der Waals surface area contributed by atoms with Crippen LogP contribution in [0.5, 0.6) is 11.5 Å². The molecule has 4 aliphatic carbocycles. The van der Waals surface area contributed by atoms with Crippen LogP contribution in [0.4, 0.5) is 0 Å². The summed E-state index contributed by atoms with van der Waals surface area (Å²) in [6, 6.07) is 1.81. The van der Waals surface area contributed by atoms with Crippen molar-refractivity contribution >= 4 is 5.97 Å². The Hall–Kier alpha value is -1.97. The van der Waals surface area contributed by atoms with Crippen molar-refractivity contribution in [2.75, 3.05) is 0 Å². The molecule has 6 atom stereocenters. The number of hydrogen-bond donors (Lipinski definition) is 3. The smallest absolute Gasteiger partial charge is 0.309 e. The van der Waals surface area contributed by atoms with Crippen LogP contribution in [-0.2, 0) is 16.6 Å². The van der Waals surface area contributed by atoms with Crippen molar-refractivity contribution in [2.24, 2.45) is 27.6 Å². The number of phenols is 2. The number of carboxylic acids is 1. The highest BCUT2D eigenvalue weighted by Gasteiger charge is 2.67. The first-order valence-corrected chi connectivity index (χ1v) is 12.7. The van der Waals surface area contributed by atoms with Crippen LogP contribution in [0.1, 0.15) is 96.3 Å². The van der Waals surface area contributed by atoms with Crippen molar-refractivity contribution in [1.82, 2.24) is 0 Å². The molecule has 4 nitrogen and oxygen atoms in total. The topological polar surface area (TPSA) is 77.8 Å². The number of rotatable bonds is 1. The molecule has 0 saturated heterocycles. The van der Waals surface area contributed by atoms with Crippen molar-refractivity contribution in [3.05, 3.63) is 34.4 Å². The second kappa shape index (κ2) is 6.58. The predicted molar refractivity (Wildman–Crippen MR) is 130 cm³/mol. The molecule has 4 aliphatic rings. The maximum absolute atomic E-state index is 12.3. The number of aromatic hydroxyl groups is 2. The average molecular weight is 453 g/mol. The molecule has 3 fully saturated rings. The number of benzene rings is 1.